The molecule has 92 valence electrons. The molecule has 1 aliphatic rings. The molecule has 0 bridgehead atoms. The number of nitrogens with two attached hydrogens (primary N) is 1. The van der Waals surface area contributed by atoms with E-state index in [-0.39, 0.29) is 17.9 Å². The van der Waals surface area contributed by atoms with E-state index in [2.05, 4.69) is 10.6 Å². The standard InChI is InChI=1S/C10H19N3O3/c1-7(14)12-3-4-13-9(15)10(2)6-16-5-8(10)11/h8H,3-6,11H2,1-2H3,(H,12,14)(H,13,15). The smallest absolute Gasteiger partial charge is 0.230 e. The molecule has 1 heterocycles. The van der Waals surface area contributed by atoms with Crippen molar-refractivity contribution in [1.82, 2.24) is 10.6 Å². The number of rotatable bonds is 4. The van der Waals surface area contributed by atoms with E-state index >= 15 is 0 Å². The first-order valence-corrected chi connectivity index (χ1v) is 5.33. The van der Waals surface area contributed by atoms with Crippen LogP contribution in [0.4, 0.5) is 0 Å². The van der Waals surface area contributed by atoms with Crippen molar-refractivity contribution in [2.45, 2.75) is 19.9 Å². The zero-order chi connectivity index (χ0) is 12.2. The van der Waals surface area contributed by atoms with Crippen LogP contribution in [0.1, 0.15) is 13.8 Å². The molecule has 0 spiro atoms. The maximum absolute atomic E-state index is 11.8. The lowest BCUT2D eigenvalue weighted by molar-refractivity contribution is -0.130. The molecule has 0 radical (unpaired) electrons. The van der Waals surface area contributed by atoms with E-state index in [9.17, 15) is 9.59 Å². The van der Waals surface area contributed by atoms with E-state index in [0.29, 0.717) is 26.3 Å². The summed E-state index contributed by atoms with van der Waals surface area (Å²) < 4.78 is 5.18. The number of amides is 2. The molecule has 1 aliphatic heterocycles. The van der Waals surface area contributed by atoms with Gasteiger partial charge >= 0.3 is 0 Å². The second-order valence-corrected chi connectivity index (χ2v) is 4.28. The van der Waals surface area contributed by atoms with Gasteiger partial charge in [0, 0.05) is 26.1 Å². The van der Waals surface area contributed by atoms with E-state index in [1.165, 1.54) is 6.92 Å². The van der Waals surface area contributed by atoms with E-state index in [1.807, 2.05) is 0 Å². The third-order valence-corrected chi connectivity index (χ3v) is 2.82. The first-order valence-electron chi connectivity index (χ1n) is 5.33. The maximum Gasteiger partial charge on any atom is 0.230 e. The van der Waals surface area contributed by atoms with Crippen LogP contribution >= 0.6 is 0 Å². The highest BCUT2D eigenvalue weighted by molar-refractivity contribution is 5.83. The summed E-state index contributed by atoms with van der Waals surface area (Å²) in [5.74, 6) is -0.232. The number of hydrogen-bond acceptors (Lipinski definition) is 4. The Balaban J connectivity index is 2.32. The molecule has 0 aromatic rings. The molecule has 0 aromatic carbocycles. The minimum atomic E-state index is -0.657. The second kappa shape index (κ2) is 5.27. The van der Waals surface area contributed by atoms with Gasteiger partial charge in [-0.15, -0.1) is 0 Å². The van der Waals surface area contributed by atoms with Crippen LogP contribution in [0.3, 0.4) is 0 Å². The summed E-state index contributed by atoms with van der Waals surface area (Å²) in [5.41, 5.74) is 5.15. The maximum atomic E-state index is 11.8. The highest BCUT2D eigenvalue weighted by Gasteiger charge is 2.44. The summed E-state index contributed by atoms with van der Waals surface area (Å²) in [6.07, 6.45) is 0. The summed E-state index contributed by atoms with van der Waals surface area (Å²) in [6, 6.07) is -0.270. The Bertz CT molecular complexity index is 282. The second-order valence-electron chi connectivity index (χ2n) is 4.28. The van der Waals surface area contributed by atoms with Crippen LogP contribution in [0.25, 0.3) is 0 Å². The predicted molar refractivity (Wildman–Crippen MR) is 58.6 cm³/mol. The fraction of sp³-hybridized carbons (Fsp3) is 0.800. The number of carbonyl (C=O) groups excluding carboxylic acids is 2. The van der Waals surface area contributed by atoms with Gasteiger partial charge in [0.25, 0.3) is 0 Å². The Morgan fingerprint density at radius 2 is 2.06 bits per heavy atom. The zero-order valence-corrected chi connectivity index (χ0v) is 9.71. The summed E-state index contributed by atoms with van der Waals surface area (Å²) in [6.45, 7) is 4.81. The molecule has 16 heavy (non-hydrogen) atoms. The van der Waals surface area contributed by atoms with Gasteiger partial charge in [0.05, 0.1) is 18.6 Å². The highest BCUT2D eigenvalue weighted by atomic mass is 16.5. The zero-order valence-electron chi connectivity index (χ0n) is 9.71. The molecule has 6 nitrogen and oxygen atoms in total. The van der Waals surface area contributed by atoms with Gasteiger partial charge in [0.2, 0.25) is 11.8 Å². The van der Waals surface area contributed by atoms with Crippen molar-refractivity contribution in [2.24, 2.45) is 11.1 Å². The number of nitrogens with one attached hydrogen (secondary N) is 2. The van der Waals surface area contributed by atoms with Crippen molar-refractivity contribution in [3.63, 3.8) is 0 Å². The Morgan fingerprint density at radius 1 is 1.44 bits per heavy atom. The molecule has 1 fully saturated rings. The third-order valence-electron chi connectivity index (χ3n) is 2.82. The Labute approximate surface area is 94.9 Å². The molecule has 4 N–H and O–H groups in total. The average Bonchev–Trinajstić information content (AvgIpc) is 2.55. The molecular weight excluding hydrogens is 210 g/mol. The normalized spacial score (nSPS) is 28.8. The largest absolute Gasteiger partial charge is 0.379 e. The van der Waals surface area contributed by atoms with Crippen molar-refractivity contribution in [3.05, 3.63) is 0 Å². The first-order chi connectivity index (χ1) is 7.47. The minimum absolute atomic E-state index is 0.110. The fourth-order valence-electron chi connectivity index (χ4n) is 1.54. The molecule has 1 rings (SSSR count). The number of carbonyl (C=O) groups is 2. The van der Waals surface area contributed by atoms with Gasteiger partial charge in [-0.3, -0.25) is 9.59 Å². The van der Waals surface area contributed by atoms with Crippen LogP contribution in [0.2, 0.25) is 0 Å². The average molecular weight is 229 g/mol. The summed E-state index contributed by atoms with van der Waals surface area (Å²) in [4.78, 5) is 22.4. The quantitative estimate of drug-likeness (QED) is 0.517. The van der Waals surface area contributed by atoms with Gasteiger partial charge < -0.3 is 21.1 Å². The van der Waals surface area contributed by atoms with Gasteiger partial charge in [-0.05, 0) is 6.92 Å². The molecule has 1 saturated heterocycles. The SMILES string of the molecule is CC(=O)NCCNC(=O)C1(C)COCC1N. The molecule has 0 aromatic heterocycles. The lowest BCUT2D eigenvalue weighted by Gasteiger charge is -2.25. The summed E-state index contributed by atoms with van der Waals surface area (Å²) in [7, 11) is 0. The van der Waals surface area contributed by atoms with Gasteiger partial charge in [-0.2, -0.15) is 0 Å². The molecular formula is C10H19N3O3. The molecule has 0 saturated carbocycles. The van der Waals surface area contributed by atoms with Gasteiger partial charge in [0.1, 0.15) is 0 Å². The molecule has 2 unspecified atom stereocenters. The van der Waals surface area contributed by atoms with E-state index in [1.54, 1.807) is 6.92 Å². The Kier molecular flexibility index (Phi) is 4.26. The van der Waals surface area contributed by atoms with Crippen LogP contribution in [-0.2, 0) is 14.3 Å². The van der Waals surface area contributed by atoms with Gasteiger partial charge in [-0.25, -0.2) is 0 Å². The van der Waals surface area contributed by atoms with Crippen molar-refractivity contribution >= 4 is 11.8 Å². The number of hydrogen-bond donors (Lipinski definition) is 3. The Hall–Kier alpha value is -1.14. The molecule has 6 heteroatoms. The highest BCUT2D eigenvalue weighted by Crippen LogP contribution is 2.26. The summed E-state index contributed by atoms with van der Waals surface area (Å²) in [5, 5.41) is 5.34. The van der Waals surface area contributed by atoms with E-state index in [0.717, 1.165) is 0 Å². The van der Waals surface area contributed by atoms with Crippen LogP contribution in [0, 0.1) is 5.41 Å². The lowest BCUT2D eigenvalue weighted by atomic mass is 9.85. The molecule has 0 aliphatic carbocycles. The van der Waals surface area contributed by atoms with E-state index < -0.39 is 5.41 Å². The van der Waals surface area contributed by atoms with Gasteiger partial charge in [-0.1, -0.05) is 0 Å². The van der Waals surface area contributed by atoms with Gasteiger partial charge in [0.15, 0.2) is 0 Å². The van der Waals surface area contributed by atoms with Crippen LogP contribution in [0.15, 0.2) is 0 Å². The Morgan fingerprint density at radius 3 is 2.56 bits per heavy atom. The third kappa shape index (κ3) is 2.93. The van der Waals surface area contributed by atoms with Crippen molar-refractivity contribution < 1.29 is 14.3 Å². The molecule has 2 atom stereocenters. The monoisotopic (exact) mass is 229 g/mol. The fourth-order valence-corrected chi connectivity index (χ4v) is 1.54. The minimum Gasteiger partial charge on any atom is -0.379 e. The topological polar surface area (TPSA) is 93.5 Å². The van der Waals surface area contributed by atoms with Crippen molar-refractivity contribution in [3.8, 4) is 0 Å². The lowest BCUT2D eigenvalue weighted by Crippen LogP contribution is -2.51. The van der Waals surface area contributed by atoms with Crippen LogP contribution < -0.4 is 16.4 Å². The summed E-state index contributed by atoms with van der Waals surface area (Å²) >= 11 is 0. The van der Waals surface area contributed by atoms with Crippen LogP contribution in [-0.4, -0.2) is 44.2 Å². The molecule has 2 amide bonds. The van der Waals surface area contributed by atoms with Crippen molar-refractivity contribution in [1.29, 1.82) is 0 Å². The van der Waals surface area contributed by atoms with Crippen molar-refractivity contribution in [2.75, 3.05) is 26.3 Å². The first kappa shape index (κ1) is 12.9. The predicted octanol–water partition coefficient (Wildman–Crippen LogP) is -1.40. The van der Waals surface area contributed by atoms with E-state index in [4.69, 9.17) is 10.5 Å². The number of ether oxygens (including phenoxy) is 1. The van der Waals surface area contributed by atoms with Crippen LogP contribution in [0.5, 0.6) is 0 Å².